The molecule has 3 amide bonds. The number of aryl methyl sites for hydroxylation is 3. The van der Waals surface area contributed by atoms with Crippen LogP contribution in [0.2, 0.25) is 0 Å². The summed E-state index contributed by atoms with van der Waals surface area (Å²) < 4.78 is 1.59. The molecule has 2 aromatic heterocycles. The van der Waals surface area contributed by atoms with Crippen LogP contribution in [0.15, 0.2) is 71.7 Å². The molecule has 2 heterocycles. The van der Waals surface area contributed by atoms with Crippen molar-refractivity contribution in [3.8, 4) is 11.1 Å². The highest BCUT2D eigenvalue weighted by atomic mass is 16.2. The van der Waals surface area contributed by atoms with Gasteiger partial charge in [-0.15, -0.1) is 0 Å². The zero-order chi connectivity index (χ0) is 23.5. The van der Waals surface area contributed by atoms with Crippen molar-refractivity contribution in [3.05, 3.63) is 99.6 Å². The van der Waals surface area contributed by atoms with Crippen LogP contribution in [0, 0.1) is 13.8 Å². The van der Waals surface area contributed by atoms with E-state index in [0.29, 0.717) is 17.7 Å². The van der Waals surface area contributed by atoms with Gasteiger partial charge in [-0.05, 0) is 54.8 Å². The van der Waals surface area contributed by atoms with Crippen molar-refractivity contribution in [2.24, 2.45) is 7.05 Å². The molecule has 166 valence electrons. The number of rotatable bonds is 4. The Morgan fingerprint density at radius 2 is 1.73 bits per heavy atom. The number of benzene rings is 2. The number of fused-ring (bicyclic) bond motifs is 1. The summed E-state index contributed by atoms with van der Waals surface area (Å²) in [7, 11) is 1.72. The smallest absolute Gasteiger partial charge is 0.321 e. The third-order valence-electron chi connectivity index (χ3n) is 5.56. The minimum Gasteiger partial charge on any atom is -0.334 e. The molecule has 0 aliphatic carbocycles. The number of pyridine rings is 2. The van der Waals surface area contributed by atoms with Gasteiger partial charge < -0.3 is 9.88 Å². The van der Waals surface area contributed by atoms with Gasteiger partial charge >= 0.3 is 6.03 Å². The van der Waals surface area contributed by atoms with Gasteiger partial charge in [-0.2, -0.15) is 0 Å². The van der Waals surface area contributed by atoms with Crippen molar-refractivity contribution in [1.82, 2.24) is 20.2 Å². The number of nitrogens with one attached hydrogen (secondary N) is 2. The lowest BCUT2D eigenvalue weighted by molar-refractivity contribution is 0.0964. The predicted octanol–water partition coefficient (Wildman–Crippen LogP) is 3.86. The highest BCUT2D eigenvalue weighted by Crippen LogP contribution is 2.25. The number of hydrogen-bond donors (Lipinski definition) is 2. The second kappa shape index (κ2) is 9.08. The third kappa shape index (κ3) is 4.67. The van der Waals surface area contributed by atoms with Crippen molar-refractivity contribution in [2.75, 3.05) is 0 Å². The number of nitrogens with zero attached hydrogens (tertiary/aromatic N) is 2. The first-order chi connectivity index (χ1) is 15.8. The van der Waals surface area contributed by atoms with Crippen molar-refractivity contribution >= 4 is 22.8 Å². The molecule has 0 unspecified atom stereocenters. The molecule has 0 bridgehead atoms. The van der Waals surface area contributed by atoms with Crippen LogP contribution in [0.4, 0.5) is 4.79 Å². The fraction of sp³-hybridized carbons (Fsp3) is 0.154. The monoisotopic (exact) mass is 440 g/mol. The van der Waals surface area contributed by atoms with Gasteiger partial charge in [0.25, 0.3) is 11.5 Å². The SMILES string of the molecule is Cc1cc2c(cn1)cc(-c1cc(C(=O)NC(=O)NCc3ccccc3)ccc1C)c(=O)n2C. The summed E-state index contributed by atoms with van der Waals surface area (Å²) in [6.07, 6.45) is 1.73. The quantitative estimate of drug-likeness (QED) is 0.504. The molecule has 2 aromatic carbocycles. The van der Waals surface area contributed by atoms with Crippen molar-refractivity contribution < 1.29 is 9.59 Å². The molecule has 33 heavy (non-hydrogen) atoms. The van der Waals surface area contributed by atoms with Crippen molar-refractivity contribution in [2.45, 2.75) is 20.4 Å². The highest BCUT2D eigenvalue weighted by Gasteiger charge is 2.16. The lowest BCUT2D eigenvalue weighted by atomic mass is 9.97. The van der Waals surface area contributed by atoms with E-state index < -0.39 is 11.9 Å². The van der Waals surface area contributed by atoms with Gasteiger partial charge in [0, 0.05) is 42.0 Å². The number of carbonyl (C=O) groups is 2. The Balaban J connectivity index is 1.60. The Labute approximate surface area is 191 Å². The van der Waals surface area contributed by atoms with Crippen molar-refractivity contribution in [1.29, 1.82) is 0 Å². The first kappa shape index (κ1) is 22.0. The molecule has 0 fully saturated rings. The molecule has 4 rings (SSSR count). The third-order valence-corrected chi connectivity index (χ3v) is 5.56. The van der Waals surface area contributed by atoms with Gasteiger partial charge in [0.1, 0.15) is 0 Å². The summed E-state index contributed by atoms with van der Waals surface area (Å²) in [4.78, 5) is 42.3. The number of imide groups is 1. The summed E-state index contributed by atoms with van der Waals surface area (Å²) in [6.45, 7) is 4.06. The van der Waals surface area contributed by atoms with E-state index in [9.17, 15) is 14.4 Å². The Bertz CT molecular complexity index is 1430. The van der Waals surface area contributed by atoms with E-state index in [2.05, 4.69) is 15.6 Å². The van der Waals surface area contributed by atoms with E-state index in [1.807, 2.05) is 50.2 Å². The number of aromatic nitrogens is 2. The molecule has 7 nitrogen and oxygen atoms in total. The fourth-order valence-electron chi connectivity index (χ4n) is 3.71. The average Bonchev–Trinajstić information content (AvgIpc) is 2.81. The first-order valence-corrected chi connectivity index (χ1v) is 10.5. The van der Waals surface area contributed by atoms with Gasteiger partial charge in [0.15, 0.2) is 0 Å². The molecule has 0 atom stereocenters. The number of amides is 3. The Morgan fingerprint density at radius 1 is 0.970 bits per heavy atom. The Kier molecular flexibility index (Phi) is 6.04. The van der Waals surface area contributed by atoms with Gasteiger partial charge in [0.05, 0.1) is 5.52 Å². The maximum Gasteiger partial charge on any atom is 0.321 e. The van der Waals surface area contributed by atoms with Crippen LogP contribution < -0.4 is 16.2 Å². The van der Waals surface area contributed by atoms with Gasteiger partial charge in [-0.1, -0.05) is 36.4 Å². The van der Waals surface area contributed by atoms with Crippen LogP contribution in [0.5, 0.6) is 0 Å². The second-order valence-electron chi connectivity index (χ2n) is 7.96. The molecule has 0 aliphatic heterocycles. The molecule has 0 aliphatic rings. The second-order valence-corrected chi connectivity index (χ2v) is 7.96. The minimum atomic E-state index is -0.589. The molecular formula is C26H24N4O3. The normalized spacial score (nSPS) is 10.8. The van der Waals surface area contributed by atoms with Crippen LogP contribution in [0.25, 0.3) is 22.0 Å². The zero-order valence-corrected chi connectivity index (χ0v) is 18.7. The van der Waals surface area contributed by atoms with Crippen LogP contribution in [0.3, 0.4) is 0 Å². The van der Waals surface area contributed by atoms with Gasteiger partial charge in [-0.25, -0.2) is 4.79 Å². The summed E-state index contributed by atoms with van der Waals surface area (Å²) >= 11 is 0. The van der Waals surface area contributed by atoms with Gasteiger partial charge in [0.2, 0.25) is 0 Å². The van der Waals surface area contributed by atoms with E-state index in [1.54, 1.807) is 42.1 Å². The average molecular weight is 441 g/mol. The first-order valence-electron chi connectivity index (χ1n) is 10.5. The van der Waals surface area contributed by atoms with E-state index >= 15 is 0 Å². The molecule has 0 spiro atoms. The molecule has 7 heteroatoms. The van der Waals surface area contributed by atoms with Gasteiger partial charge in [-0.3, -0.25) is 19.9 Å². The van der Waals surface area contributed by atoms with Crippen molar-refractivity contribution in [3.63, 3.8) is 0 Å². The standard InChI is InChI=1S/C26H24N4O3/c1-16-9-10-19(24(31)29-26(33)28-14-18-7-5-4-6-8-18)12-21(16)22-13-20-15-27-17(2)11-23(20)30(3)25(22)32/h4-13,15H,14H2,1-3H3,(H2,28,29,31,33). The van der Waals surface area contributed by atoms with E-state index in [-0.39, 0.29) is 11.1 Å². The van der Waals surface area contributed by atoms with E-state index in [4.69, 9.17) is 0 Å². The van der Waals surface area contributed by atoms with Crippen LogP contribution in [-0.4, -0.2) is 21.5 Å². The summed E-state index contributed by atoms with van der Waals surface area (Å²) in [5, 5.41) is 5.84. The predicted molar refractivity (Wildman–Crippen MR) is 128 cm³/mol. The maximum atomic E-state index is 13.1. The molecule has 4 aromatic rings. The number of carbonyl (C=O) groups excluding carboxylic acids is 2. The summed E-state index contributed by atoms with van der Waals surface area (Å²) in [5.74, 6) is -0.545. The summed E-state index contributed by atoms with van der Waals surface area (Å²) in [5.41, 5.74) is 4.60. The molecular weight excluding hydrogens is 416 g/mol. The minimum absolute atomic E-state index is 0.172. The lowest BCUT2D eigenvalue weighted by Gasteiger charge is -2.13. The Hall–Kier alpha value is -4.26. The van der Waals surface area contributed by atoms with Crippen LogP contribution in [-0.2, 0) is 13.6 Å². The molecule has 0 saturated carbocycles. The topological polar surface area (TPSA) is 93.1 Å². The maximum absolute atomic E-state index is 13.1. The Morgan fingerprint density at radius 3 is 2.48 bits per heavy atom. The highest BCUT2D eigenvalue weighted by molar-refractivity contribution is 6.05. The summed E-state index contributed by atoms with van der Waals surface area (Å²) in [6, 6.07) is 17.5. The number of urea groups is 1. The zero-order valence-electron chi connectivity index (χ0n) is 18.7. The largest absolute Gasteiger partial charge is 0.334 e. The van der Waals surface area contributed by atoms with Crippen LogP contribution >= 0.6 is 0 Å². The molecule has 2 N–H and O–H groups in total. The number of hydrogen-bond acceptors (Lipinski definition) is 4. The van der Waals surface area contributed by atoms with E-state index in [1.165, 1.54) is 0 Å². The molecule has 0 radical (unpaired) electrons. The molecule has 0 saturated heterocycles. The lowest BCUT2D eigenvalue weighted by Crippen LogP contribution is -2.39. The fourth-order valence-corrected chi connectivity index (χ4v) is 3.71. The van der Waals surface area contributed by atoms with Crippen LogP contribution in [0.1, 0.15) is 27.2 Å². The van der Waals surface area contributed by atoms with E-state index in [0.717, 1.165) is 27.7 Å².